The van der Waals surface area contributed by atoms with Crippen LogP contribution in [-0.2, 0) is 14.3 Å². The maximum absolute atomic E-state index is 12.2. The van der Waals surface area contributed by atoms with Gasteiger partial charge in [0.2, 0.25) is 5.91 Å². The number of carbonyl (C=O) groups is 1. The van der Waals surface area contributed by atoms with Gasteiger partial charge in [-0.1, -0.05) is 36.4 Å². The van der Waals surface area contributed by atoms with Gasteiger partial charge in [-0.3, -0.25) is 4.79 Å². The van der Waals surface area contributed by atoms with E-state index in [0.717, 1.165) is 37.0 Å². The number of amides is 1. The number of ether oxygens (including phenoxy) is 2. The second-order valence-electron chi connectivity index (χ2n) is 6.39. The minimum atomic E-state index is -0.180. The summed E-state index contributed by atoms with van der Waals surface area (Å²) in [5, 5.41) is 5.34. The maximum atomic E-state index is 12.2. The van der Waals surface area contributed by atoms with E-state index in [4.69, 9.17) is 15.2 Å². The minimum Gasteiger partial charge on any atom is -0.381 e. The van der Waals surface area contributed by atoms with Crippen molar-refractivity contribution in [2.45, 2.75) is 31.4 Å². The SMILES string of the molecule is NCC(NC(=O)CCOC1CCOCC1)c1ccc2ccccc2c1. The zero-order valence-corrected chi connectivity index (χ0v) is 14.4. The molecule has 0 saturated carbocycles. The first-order chi connectivity index (χ1) is 12.3. The maximum Gasteiger partial charge on any atom is 0.222 e. The van der Waals surface area contributed by atoms with Crippen LogP contribution in [-0.4, -0.2) is 38.4 Å². The van der Waals surface area contributed by atoms with Crippen molar-refractivity contribution in [2.24, 2.45) is 5.73 Å². The monoisotopic (exact) mass is 342 g/mol. The number of rotatable bonds is 7. The van der Waals surface area contributed by atoms with Gasteiger partial charge in [-0.15, -0.1) is 0 Å². The molecule has 0 radical (unpaired) electrons. The summed E-state index contributed by atoms with van der Waals surface area (Å²) in [7, 11) is 0. The molecule has 1 fully saturated rings. The largest absolute Gasteiger partial charge is 0.381 e. The van der Waals surface area contributed by atoms with Gasteiger partial charge in [-0.25, -0.2) is 0 Å². The van der Waals surface area contributed by atoms with E-state index < -0.39 is 0 Å². The first-order valence-corrected chi connectivity index (χ1v) is 8.94. The fraction of sp³-hybridized carbons (Fsp3) is 0.450. The van der Waals surface area contributed by atoms with E-state index in [1.807, 2.05) is 18.2 Å². The molecule has 3 N–H and O–H groups in total. The van der Waals surface area contributed by atoms with E-state index in [1.165, 1.54) is 5.39 Å². The van der Waals surface area contributed by atoms with Gasteiger partial charge in [0.1, 0.15) is 0 Å². The smallest absolute Gasteiger partial charge is 0.222 e. The van der Waals surface area contributed by atoms with Gasteiger partial charge in [-0.05, 0) is 35.2 Å². The van der Waals surface area contributed by atoms with Gasteiger partial charge in [0, 0.05) is 26.2 Å². The lowest BCUT2D eigenvalue weighted by Gasteiger charge is -2.22. The molecule has 2 aromatic carbocycles. The predicted octanol–water partition coefficient (Wildman–Crippen LogP) is 2.54. The molecule has 25 heavy (non-hydrogen) atoms. The molecule has 1 atom stereocenters. The summed E-state index contributed by atoms with van der Waals surface area (Å²) in [5.74, 6) is -0.0318. The Kier molecular flexibility index (Phi) is 6.39. The highest BCUT2D eigenvalue weighted by Crippen LogP contribution is 2.20. The van der Waals surface area contributed by atoms with Crippen LogP contribution in [0.15, 0.2) is 42.5 Å². The molecule has 1 aliphatic heterocycles. The van der Waals surface area contributed by atoms with Crippen molar-refractivity contribution in [2.75, 3.05) is 26.4 Å². The van der Waals surface area contributed by atoms with Crippen LogP contribution in [0.5, 0.6) is 0 Å². The average Bonchev–Trinajstić information content (AvgIpc) is 2.66. The standard InChI is InChI=1S/C20H26N2O3/c21-14-19(17-6-5-15-3-1-2-4-16(15)13-17)22-20(23)9-12-25-18-7-10-24-11-8-18/h1-6,13,18-19H,7-12,14,21H2,(H,22,23). The highest BCUT2D eigenvalue weighted by molar-refractivity contribution is 5.83. The summed E-state index contributed by atoms with van der Waals surface area (Å²) >= 11 is 0. The van der Waals surface area contributed by atoms with Gasteiger partial charge in [-0.2, -0.15) is 0 Å². The van der Waals surface area contributed by atoms with E-state index in [9.17, 15) is 4.79 Å². The molecule has 5 heteroatoms. The molecule has 1 aliphatic rings. The van der Waals surface area contributed by atoms with E-state index >= 15 is 0 Å². The summed E-state index contributed by atoms with van der Waals surface area (Å²) < 4.78 is 11.1. The lowest BCUT2D eigenvalue weighted by atomic mass is 10.0. The van der Waals surface area contributed by atoms with Crippen molar-refractivity contribution in [1.29, 1.82) is 0 Å². The molecule has 3 rings (SSSR count). The Morgan fingerprint density at radius 3 is 2.72 bits per heavy atom. The van der Waals surface area contributed by atoms with Crippen molar-refractivity contribution in [1.82, 2.24) is 5.32 Å². The third-order valence-electron chi connectivity index (χ3n) is 4.60. The van der Waals surface area contributed by atoms with Crippen LogP contribution in [0.3, 0.4) is 0 Å². The molecule has 1 heterocycles. The number of hydrogen-bond donors (Lipinski definition) is 2. The van der Waals surface area contributed by atoms with E-state index in [2.05, 4.69) is 29.6 Å². The van der Waals surface area contributed by atoms with Gasteiger partial charge in [0.25, 0.3) is 0 Å². The zero-order chi connectivity index (χ0) is 17.5. The molecule has 5 nitrogen and oxygen atoms in total. The zero-order valence-electron chi connectivity index (χ0n) is 14.4. The summed E-state index contributed by atoms with van der Waals surface area (Å²) in [4.78, 5) is 12.2. The third kappa shape index (κ3) is 5.01. The highest BCUT2D eigenvalue weighted by Gasteiger charge is 2.16. The highest BCUT2D eigenvalue weighted by atomic mass is 16.5. The predicted molar refractivity (Wildman–Crippen MR) is 98.3 cm³/mol. The molecule has 0 aliphatic carbocycles. The third-order valence-corrected chi connectivity index (χ3v) is 4.60. The average molecular weight is 342 g/mol. The second kappa shape index (κ2) is 8.94. The normalized spacial score (nSPS) is 16.7. The van der Waals surface area contributed by atoms with Crippen molar-refractivity contribution >= 4 is 16.7 Å². The van der Waals surface area contributed by atoms with E-state index in [-0.39, 0.29) is 18.1 Å². The van der Waals surface area contributed by atoms with Crippen molar-refractivity contribution in [3.8, 4) is 0 Å². The number of nitrogens with two attached hydrogens (primary N) is 1. The Labute approximate surface area is 148 Å². The number of benzene rings is 2. The molecular weight excluding hydrogens is 316 g/mol. The van der Waals surface area contributed by atoms with Crippen LogP contribution < -0.4 is 11.1 Å². The molecule has 0 aromatic heterocycles. The molecule has 1 amide bonds. The number of hydrogen-bond acceptors (Lipinski definition) is 4. The molecule has 1 saturated heterocycles. The summed E-state index contributed by atoms with van der Waals surface area (Å²) in [6.45, 7) is 2.29. The summed E-state index contributed by atoms with van der Waals surface area (Å²) in [6.07, 6.45) is 2.38. The Bertz CT molecular complexity index is 698. The molecule has 1 unspecified atom stereocenters. The number of carbonyl (C=O) groups excluding carboxylic acids is 1. The molecule has 0 spiro atoms. The Morgan fingerprint density at radius 2 is 1.96 bits per heavy atom. The summed E-state index contributed by atoms with van der Waals surface area (Å²) in [6, 6.07) is 14.2. The summed E-state index contributed by atoms with van der Waals surface area (Å²) in [5.41, 5.74) is 6.91. The minimum absolute atomic E-state index is 0.0318. The molecule has 2 aromatic rings. The van der Waals surface area contributed by atoms with Crippen LogP contribution >= 0.6 is 0 Å². The van der Waals surface area contributed by atoms with Gasteiger partial charge in [0.05, 0.1) is 18.8 Å². The Morgan fingerprint density at radius 1 is 1.20 bits per heavy atom. The van der Waals surface area contributed by atoms with Crippen LogP contribution in [0, 0.1) is 0 Å². The second-order valence-corrected chi connectivity index (χ2v) is 6.39. The lowest BCUT2D eigenvalue weighted by molar-refractivity contribution is -0.123. The Balaban J connectivity index is 1.52. The van der Waals surface area contributed by atoms with E-state index in [1.54, 1.807) is 0 Å². The van der Waals surface area contributed by atoms with Gasteiger partial charge in [0.15, 0.2) is 0 Å². The van der Waals surface area contributed by atoms with Crippen LogP contribution in [0.2, 0.25) is 0 Å². The first kappa shape index (κ1) is 17.9. The van der Waals surface area contributed by atoms with Gasteiger partial charge >= 0.3 is 0 Å². The van der Waals surface area contributed by atoms with Crippen molar-refractivity contribution in [3.63, 3.8) is 0 Å². The van der Waals surface area contributed by atoms with Crippen LogP contribution in [0.4, 0.5) is 0 Å². The Hall–Kier alpha value is -1.95. The molecular formula is C20H26N2O3. The quantitative estimate of drug-likeness (QED) is 0.811. The van der Waals surface area contributed by atoms with Crippen molar-refractivity contribution < 1.29 is 14.3 Å². The van der Waals surface area contributed by atoms with Crippen LogP contribution in [0.1, 0.15) is 30.9 Å². The topological polar surface area (TPSA) is 73.6 Å². The fourth-order valence-corrected chi connectivity index (χ4v) is 3.13. The lowest BCUT2D eigenvalue weighted by Crippen LogP contribution is -2.34. The van der Waals surface area contributed by atoms with Gasteiger partial charge < -0.3 is 20.5 Å². The number of nitrogens with one attached hydrogen (secondary N) is 1. The van der Waals surface area contributed by atoms with Crippen molar-refractivity contribution in [3.05, 3.63) is 48.0 Å². The van der Waals surface area contributed by atoms with Crippen LogP contribution in [0.25, 0.3) is 10.8 Å². The fourth-order valence-electron chi connectivity index (χ4n) is 3.13. The molecule has 134 valence electrons. The van der Waals surface area contributed by atoms with E-state index in [0.29, 0.717) is 19.6 Å². The molecule has 0 bridgehead atoms. The first-order valence-electron chi connectivity index (χ1n) is 8.94. The number of fused-ring (bicyclic) bond motifs is 1.